The van der Waals surface area contributed by atoms with Crippen molar-refractivity contribution in [3.05, 3.63) is 47.7 Å². The molecule has 96 valence electrons. The molecule has 0 amide bonds. The fraction of sp³-hybridized carbons (Fsp3) is 0.357. The average molecular weight is 247 g/mol. The highest BCUT2D eigenvalue weighted by Crippen LogP contribution is 2.17. The summed E-state index contributed by atoms with van der Waals surface area (Å²) in [4.78, 5) is 17.1. The molecular formula is C14H17NO3. The predicted molar refractivity (Wildman–Crippen MR) is 67.8 cm³/mol. The number of carbonyl (C=O) groups excluding carboxylic acids is 1. The summed E-state index contributed by atoms with van der Waals surface area (Å²) in [6, 6.07) is 9.03. The van der Waals surface area contributed by atoms with E-state index in [0.717, 1.165) is 12.8 Å². The number of piperidine rings is 1. The third-order valence-corrected chi connectivity index (χ3v) is 2.87. The summed E-state index contributed by atoms with van der Waals surface area (Å²) >= 11 is 0. The average Bonchev–Trinajstić information content (AvgIpc) is 2.42. The maximum absolute atomic E-state index is 11.8. The van der Waals surface area contributed by atoms with Crippen molar-refractivity contribution in [1.82, 2.24) is 5.06 Å². The summed E-state index contributed by atoms with van der Waals surface area (Å²) in [5, 5.41) is 1.71. The van der Waals surface area contributed by atoms with Crippen LogP contribution >= 0.6 is 0 Å². The van der Waals surface area contributed by atoms with E-state index in [2.05, 4.69) is 0 Å². The van der Waals surface area contributed by atoms with Gasteiger partial charge in [-0.05, 0) is 30.5 Å². The maximum atomic E-state index is 11.8. The monoisotopic (exact) mass is 247 g/mol. The van der Waals surface area contributed by atoms with Crippen molar-refractivity contribution in [3.8, 4) is 0 Å². The van der Waals surface area contributed by atoms with E-state index in [-0.39, 0.29) is 5.97 Å². The Balaban J connectivity index is 1.85. The first-order valence-corrected chi connectivity index (χ1v) is 6.02. The topological polar surface area (TPSA) is 38.8 Å². The smallest absolute Gasteiger partial charge is 0.357 e. The lowest BCUT2D eigenvalue weighted by molar-refractivity contribution is -0.114. The summed E-state index contributed by atoms with van der Waals surface area (Å²) in [6.07, 6.45) is 3.52. The van der Waals surface area contributed by atoms with Crippen molar-refractivity contribution in [3.63, 3.8) is 0 Å². The highest BCUT2D eigenvalue weighted by molar-refractivity contribution is 5.89. The predicted octanol–water partition coefficient (Wildman–Crippen LogP) is 2.38. The van der Waals surface area contributed by atoms with Crippen LogP contribution in [-0.4, -0.2) is 31.2 Å². The van der Waals surface area contributed by atoms with Crippen molar-refractivity contribution in [2.24, 2.45) is 0 Å². The van der Waals surface area contributed by atoms with Gasteiger partial charge in [0.1, 0.15) is 0 Å². The molecule has 0 N–H and O–H groups in total. The molecular weight excluding hydrogens is 230 g/mol. The first-order chi connectivity index (χ1) is 8.79. The number of carbonyl (C=O) groups is 1. The minimum atomic E-state index is -0.297. The van der Waals surface area contributed by atoms with Gasteiger partial charge in [-0.25, -0.2) is 4.79 Å². The summed E-state index contributed by atoms with van der Waals surface area (Å²) in [5.74, 6) is -0.297. The van der Waals surface area contributed by atoms with E-state index in [1.54, 1.807) is 30.6 Å². The number of nitrogens with zero attached hydrogens (tertiary/aromatic N) is 1. The molecule has 2 rings (SSSR count). The molecule has 1 aromatic carbocycles. The summed E-state index contributed by atoms with van der Waals surface area (Å²) in [6.45, 7) is 1.43. The van der Waals surface area contributed by atoms with E-state index in [1.807, 2.05) is 18.2 Å². The van der Waals surface area contributed by atoms with Gasteiger partial charge >= 0.3 is 5.97 Å². The van der Waals surface area contributed by atoms with Crippen LogP contribution in [-0.2, 0) is 9.57 Å². The van der Waals surface area contributed by atoms with Crippen molar-refractivity contribution >= 4 is 5.97 Å². The highest BCUT2D eigenvalue weighted by atomic mass is 16.7. The Kier molecular flexibility index (Phi) is 4.36. The van der Waals surface area contributed by atoms with Gasteiger partial charge in [0.05, 0.1) is 18.9 Å². The molecule has 1 aliphatic heterocycles. The van der Waals surface area contributed by atoms with Crippen LogP contribution < -0.4 is 0 Å². The molecule has 1 saturated heterocycles. The SMILES string of the molecule is COC=C1CCN(OC(=O)c2ccccc2)CC1. The van der Waals surface area contributed by atoms with Crippen molar-refractivity contribution in [2.45, 2.75) is 12.8 Å². The number of ether oxygens (including phenoxy) is 1. The molecule has 0 aromatic heterocycles. The highest BCUT2D eigenvalue weighted by Gasteiger charge is 2.18. The molecule has 0 atom stereocenters. The van der Waals surface area contributed by atoms with Crippen LogP contribution in [0.15, 0.2) is 42.2 Å². The Bertz CT molecular complexity index is 418. The van der Waals surface area contributed by atoms with Gasteiger partial charge in [-0.1, -0.05) is 18.2 Å². The molecule has 0 aliphatic carbocycles. The molecule has 1 heterocycles. The zero-order chi connectivity index (χ0) is 12.8. The second-order valence-electron chi connectivity index (χ2n) is 4.19. The number of hydrogen-bond donors (Lipinski definition) is 0. The van der Waals surface area contributed by atoms with Gasteiger partial charge in [-0.2, -0.15) is 0 Å². The number of benzene rings is 1. The third-order valence-electron chi connectivity index (χ3n) is 2.87. The number of hydrogen-bond acceptors (Lipinski definition) is 4. The zero-order valence-corrected chi connectivity index (χ0v) is 10.5. The molecule has 1 aliphatic rings. The van der Waals surface area contributed by atoms with E-state index >= 15 is 0 Å². The van der Waals surface area contributed by atoms with Gasteiger partial charge in [0.15, 0.2) is 0 Å². The Labute approximate surface area is 107 Å². The Morgan fingerprint density at radius 3 is 2.50 bits per heavy atom. The Morgan fingerprint density at radius 2 is 1.89 bits per heavy atom. The van der Waals surface area contributed by atoms with Crippen molar-refractivity contribution in [2.75, 3.05) is 20.2 Å². The molecule has 0 bridgehead atoms. The number of methoxy groups -OCH3 is 1. The van der Waals surface area contributed by atoms with Gasteiger partial charge in [0.2, 0.25) is 0 Å². The molecule has 0 unspecified atom stereocenters. The lowest BCUT2D eigenvalue weighted by Crippen LogP contribution is -2.33. The second kappa shape index (κ2) is 6.21. The molecule has 1 fully saturated rings. The van der Waals surface area contributed by atoms with Crippen molar-refractivity contribution < 1.29 is 14.4 Å². The van der Waals surface area contributed by atoms with Crippen LogP contribution in [0.25, 0.3) is 0 Å². The molecule has 0 radical (unpaired) electrons. The Hall–Kier alpha value is -1.81. The minimum absolute atomic E-state index is 0.297. The van der Waals surface area contributed by atoms with Gasteiger partial charge in [0, 0.05) is 13.1 Å². The van der Waals surface area contributed by atoms with E-state index in [9.17, 15) is 4.79 Å². The van der Waals surface area contributed by atoms with Gasteiger partial charge < -0.3 is 9.57 Å². The fourth-order valence-electron chi connectivity index (χ4n) is 1.89. The van der Waals surface area contributed by atoms with Crippen LogP contribution in [0, 0.1) is 0 Å². The molecule has 18 heavy (non-hydrogen) atoms. The Morgan fingerprint density at radius 1 is 1.22 bits per heavy atom. The zero-order valence-electron chi connectivity index (χ0n) is 10.5. The van der Waals surface area contributed by atoms with E-state index in [0.29, 0.717) is 18.7 Å². The second-order valence-corrected chi connectivity index (χ2v) is 4.19. The molecule has 1 aromatic rings. The molecule has 4 nitrogen and oxygen atoms in total. The molecule has 0 spiro atoms. The fourth-order valence-corrected chi connectivity index (χ4v) is 1.89. The van der Waals surface area contributed by atoms with Crippen LogP contribution in [0.1, 0.15) is 23.2 Å². The summed E-state index contributed by atoms with van der Waals surface area (Å²) < 4.78 is 4.98. The third kappa shape index (κ3) is 3.34. The number of rotatable bonds is 3. The summed E-state index contributed by atoms with van der Waals surface area (Å²) in [7, 11) is 1.65. The van der Waals surface area contributed by atoms with E-state index < -0.39 is 0 Å². The van der Waals surface area contributed by atoms with Crippen LogP contribution in [0.3, 0.4) is 0 Å². The normalized spacial score (nSPS) is 16.2. The van der Waals surface area contributed by atoms with Gasteiger partial charge in [-0.15, -0.1) is 5.06 Å². The molecule has 0 saturated carbocycles. The molecule has 4 heteroatoms. The quantitative estimate of drug-likeness (QED) is 0.769. The van der Waals surface area contributed by atoms with Gasteiger partial charge in [-0.3, -0.25) is 0 Å². The van der Waals surface area contributed by atoms with E-state index in [4.69, 9.17) is 9.57 Å². The summed E-state index contributed by atoms with van der Waals surface area (Å²) in [5.41, 5.74) is 1.83. The first kappa shape index (κ1) is 12.6. The minimum Gasteiger partial charge on any atom is -0.504 e. The van der Waals surface area contributed by atoms with E-state index in [1.165, 1.54) is 5.57 Å². The lowest BCUT2D eigenvalue weighted by Gasteiger charge is -2.26. The van der Waals surface area contributed by atoms with Crippen LogP contribution in [0.5, 0.6) is 0 Å². The largest absolute Gasteiger partial charge is 0.504 e. The van der Waals surface area contributed by atoms with Crippen LogP contribution in [0.2, 0.25) is 0 Å². The van der Waals surface area contributed by atoms with Crippen molar-refractivity contribution in [1.29, 1.82) is 0 Å². The standard InChI is InChI=1S/C14H17NO3/c1-17-11-12-7-9-15(10-8-12)18-14(16)13-5-3-2-4-6-13/h2-6,11H,7-10H2,1H3. The maximum Gasteiger partial charge on any atom is 0.357 e. The lowest BCUT2D eigenvalue weighted by atomic mass is 10.1. The van der Waals surface area contributed by atoms with Gasteiger partial charge in [0.25, 0.3) is 0 Å². The first-order valence-electron chi connectivity index (χ1n) is 6.02. The van der Waals surface area contributed by atoms with Crippen LogP contribution in [0.4, 0.5) is 0 Å². The number of hydroxylamine groups is 2.